The molecule has 1 fully saturated rings. The fourth-order valence-electron chi connectivity index (χ4n) is 3.70. The number of hydrogen-bond donors (Lipinski definition) is 1. The van der Waals surface area contributed by atoms with Gasteiger partial charge in [-0.2, -0.15) is 0 Å². The van der Waals surface area contributed by atoms with Crippen molar-refractivity contribution in [2.45, 2.75) is 25.9 Å². The van der Waals surface area contributed by atoms with E-state index >= 15 is 0 Å². The number of hydrogen-bond acceptors (Lipinski definition) is 3. The predicted octanol–water partition coefficient (Wildman–Crippen LogP) is 2.33. The number of imidazole rings is 1. The van der Waals surface area contributed by atoms with Crippen LogP contribution in [0.1, 0.15) is 29.5 Å². The molecule has 0 radical (unpaired) electrons. The first kappa shape index (κ1) is 13.5. The molecule has 22 heavy (non-hydrogen) atoms. The lowest BCUT2D eigenvalue weighted by Gasteiger charge is -2.19. The van der Waals surface area contributed by atoms with Gasteiger partial charge >= 0.3 is 6.03 Å². The van der Waals surface area contributed by atoms with Gasteiger partial charge in [0.15, 0.2) is 0 Å². The molecule has 1 aromatic heterocycles. The van der Waals surface area contributed by atoms with E-state index in [0.29, 0.717) is 5.92 Å². The lowest BCUT2D eigenvalue weighted by Crippen LogP contribution is -2.29. The first-order chi connectivity index (χ1) is 10.7. The first-order valence-corrected chi connectivity index (χ1v) is 7.84. The van der Waals surface area contributed by atoms with E-state index in [-0.39, 0.29) is 12.1 Å². The zero-order valence-corrected chi connectivity index (χ0v) is 12.7. The van der Waals surface area contributed by atoms with E-state index in [1.807, 2.05) is 19.2 Å². The highest BCUT2D eigenvalue weighted by molar-refractivity contribution is 5.81. The Kier molecular flexibility index (Phi) is 3.22. The second-order valence-corrected chi connectivity index (χ2v) is 6.26. The molecule has 114 valence electrons. The summed E-state index contributed by atoms with van der Waals surface area (Å²) in [5.41, 5.74) is 2.37. The molecule has 0 aliphatic carbocycles. The summed E-state index contributed by atoms with van der Waals surface area (Å²) in [6.07, 6.45) is 2.96. The Balaban J connectivity index is 1.46. The lowest BCUT2D eigenvalue weighted by atomic mass is 9.97. The highest BCUT2D eigenvalue weighted by Crippen LogP contribution is 2.34. The zero-order chi connectivity index (χ0) is 15.1. The van der Waals surface area contributed by atoms with Crippen molar-refractivity contribution in [1.29, 1.82) is 0 Å². The van der Waals surface area contributed by atoms with Crippen LogP contribution in [0.15, 0.2) is 36.5 Å². The van der Waals surface area contributed by atoms with E-state index in [9.17, 15) is 4.79 Å². The van der Waals surface area contributed by atoms with E-state index in [2.05, 4.69) is 39.5 Å². The number of carbonyl (C=O) groups excluding carboxylic acids is 1. The van der Waals surface area contributed by atoms with E-state index in [4.69, 9.17) is 0 Å². The Labute approximate surface area is 130 Å². The number of carbonyl (C=O) groups is 1. The van der Waals surface area contributed by atoms with Crippen molar-refractivity contribution in [1.82, 2.24) is 19.8 Å². The van der Waals surface area contributed by atoms with Crippen molar-refractivity contribution < 1.29 is 4.79 Å². The average molecular weight is 296 g/mol. The molecule has 3 heterocycles. The van der Waals surface area contributed by atoms with Crippen LogP contribution in [0.4, 0.5) is 4.79 Å². The number of aryl methyl sites for hydroxylation is 1. The topological polar surface area (TPSA) is 50.2 Å². The standard InChI is InChI=1S/C17H20N4O/c1-12-18-9-15-16(19-17(22)21(12)15)14-7-8-20(11-14)10-13-5-3-2-4-6-13/h2-6,9,14,16H,7-8,10-11H2,1H3,(H,19,22). The second kappa shape index (κ2) is 5.25. The third-order valence-corrected chi connectivity index (χ3v) is 4.80. The van der Waals surface area contributed by atoms with E-state index < -0.39 is 0 Å². The van der Waals surface area contributed by atoms with Gasteiger partial charge in [-0.3, -0.25) is 9.47 Å². The summed E-state index contributed by atoms with van der Waals surface area (Å²) >= 11 is 0. The number of fused-ring (bicyclic) bond motifs is 1. The summed E-state index contributed by atoms with van der Waals surface area (Å²) in [6.45, 7) is 4.96. The minimum absolute atomic E-state index is 0.0310. The molecule has 1 saturated heterocycles. The monoisotopic (exact) mass is 296 g/mol. The number of aromatic nitrogens is 2. The maximum absolute atomic E-state index is 12.1. The second-order valence-electron chi connectivity index (χ2n) is 6.26. The number of amides is 1. The van der Waals surface area contributed by atoms with Crippen LogP contribution in [-0.4, -0.2) is 33.6 Å². The van der Waals surface area contributed by atoms with E-state index in [1.54, 1.807) is 4.57 Å². The van der Waals surface area contributed by atoms with Crippen molar-refractivity contribution >= 4 is 6.03 Å². The largest absolute Gasteiger partial charge is 0.329 e. The van der Waals surface area contributed by atoms with Crippen molar-refractivity contribution in [3.8, 4) is 0 Å². The smallest absolute Gasteiger partial charge is 0.327 e. The number of rotatable bonds is 3. The summed E-state index contributed by atoms with van der Waals surface area (Å²) in [5.74, 6) is 1.24. The highest BCUT2D eigenvalue weighted by Gasteiger charge is 2.38. The summed E-state index contributed by atoms with van der Waals surface area (Å²) < 4.78 is 1.71. The first-order valence-electron chi connectivity index (χ1n) is 7.84. The third kappa shape index (κ3) is 2.22. The average Bonchev–Trinajstić information content (AvgIpc) is 3.20. The minimum atomic E-state index is -0.0310. The van der Waals surface area contributed by atoms with Gasteiger partial charge in [0, 0.05) is 13.1 Å². The molecule has 2 aliphatic heterocycles. The fourth-order valence-corrected chi connectivity index (χ4v) is 3.70. The molecule has 0 bridgehead atoms. The number of likely N-dealkylation sites (tertiary alicyclic amines) is 1. The molecular weight excluding hydrogens is 276 g/mol. The van der Waals surface area contributed by atoms with Crippen LogP contribution in [0, 0.1) is 12.8 Å². The Morgan fingerprint density at radius 3 is 2.95 bits per heavy atom. The Morgan fingerprint density at radius 2 is 2.14 bits per heavy atom. The van der Waals surface area contributed by atoms with Gasteiger partial charge in [0.05, 0.1) is 17.9 Å². The van der Waals surface area contributed by atoms with Crippen molar-refractivity contribution in [2.24, 2.45) is 5.92 Å². The van der Waals surface area contributed by atoms with Crippen LogP contribution in [0.25, 0.3) is 0 Å². The predicted molar refractivity (Wildman–Crippen MR) is 83.5 cm³/mol. The van der Waals surface area contributed by atoms with Gasteiger partial charge in [0.25, 0.3) is 0 Å². The molecule has 2 atom stereocenters. The van der Waals surface area contributed by atoms with Gasteiger partial charge in [-0.15, -0.1) is 0 Å². The van der Waals surface area contributed by atoms with Crippen LogP contribution in [0.2, 0.25) is 0 Å². The molecular formula is C17H20N4O. The SMILES string of the molecule is Cc1ncc2n1C(=O)NC2C1CCN(Cc2ccccc2)C1. The van der Waals surface area contributed by atoms with Crippen LogP contribution in [-0.2, 0) is 6.54 Å². The van der Waals surface area contributed by atoms with Gasteiger partial charge in [0.1, 0.15) is 5.82 Å². The highest BCUT2D eigenvalue weighted by atomic mass is 16.2. The molecule has 5 nitrogen and oxygen atoms in total. The van der Waals surface area contributed by atoms with Gasteiger partial charge < -0.3 is 5.32 Å². The molecule has 5 heteroatoms. The van der Waals surface area contributed by atoms with Crippen LogP contribution in [0.3, 0.4) is 0 Å². The lowest BCUT2D eigenvalue weighted by molar-refractivity contribution is 0.240. The van der Waals surface area contributed by atoms with Gasteiger partial charge in [-0.05, 0) is 31.4 Å². The third-order valence-electron chi connectivity index (χ3n) is 4.80. The van der Waals surface area contributed by atoms with Crippen molar-refractivity contribution in [3.05, 3.63) is 53.6 Å². The molecule has 1 aromatic carbocycles. The van der Waals surface area contributed by atoms with Gasteiger partial charge in [0.2, 0.25) is 0 Å². The Morgan fingerprint density at radius 1 is 1.32 bits per heavy atom. The van der Waals surface area contributed by atoms with E-state index in [0.717, 1.165) is 37.6 Å². The quantitative estimate of drug-likeness (QED) is 0.945. The van der Waals surface area contributed by atoms with Gasteiger partial charge in [-0.1, -0.05) is 30.3 Å². The normalized spacial score (nSPS) is 24.5. The summed E-state index contributed by atoms with van der Waals surface area (Å²) in [7, 11) is 0. The van der Waals surface area contributed by atoms with Crippen LogP contribution < -0.4 is 5.32 Å². The molecule has 1 amide bonds. The Bertz CT molecular complexity index is 694. The Hall–Kier alpha value is -2.14. The minimum Gasteiger partial charge on any atom is -0.329 e. The van der Waals surface area contributed by atoms with Crippen molar-refractivity contribution in [2.75, 3.05) is 13.1 Å². The maximum Gasteiger partial charge on any atom is 0.327 e. The molecule has 2 aromatic rings. The molecule has 0 spiro atoms. The summed E-state index contributed by atoms with van der Waals surface area (Å²) in [5, 5.41) is 3.12. The number of nitrogens with zero attached hydrogens (tertiary/aromatic N) is 3. The number of nitrogens with one attached hydrogen (secondary N) is 1. The van der Waals surface area contributed by atoms with Gasteiger partial charge in [-0.25, -0.2) is 9.78 Å². The summed E-state index contributed by atoms with van der Waals surface area (Å²) in [4.78, 5) is 18.8. The number of benzene rings is 1. The fraction of sp³-hybridized carbons (Fsp3) is 0.412. The molecule has 1 N–H and O–H groups in total. The molecule has 2 unspecified atom stereocenters. The summed E-state index contributed by atoms with van der Waals surface area (Å²) in [6, 6.07) is 10.6. The van der Waals surface area contributed by atoms with Crippen LogP contribution >= 0.6 is 0 Å². The van der Waals surface area contributed by atoms with Crippen molar-refractivity contribution in [3.63, 3.8) is 0 Å². The van der Waals surface area contributed by atoms with E-state index in [1.165, 1.54) is 5.56 Å². The molecule has 2 aliphatic rings. The zero-order valence-electron chi connectivity index (χ0n) is 12.7. The van der Waals surface area contributed by atoms with Crippen LogP contribution in [0.5, 0.6) is 0 Å². The maximum atomic E-state index is 12.1. The molecule has 4 rings (SSSR count). The molecule has 0 saturated carbocycles.